The van der Waals surface area contributed by atoms with Crippen molar-refractivity contribution in [3.63, 3.8) is 0 Å². The summed E-state index contributed by atoms with van der Waals surface area (Å²) in [4.78, 5) is 21.9. The van der Waals surface area contributed by atoms with Crippen molar-refractivity contribution < 1.29 is 32.4 Å². The third kappa shape index (κ3) is 13.6. The molecule has 14 heteroatoms. The van der Waals surface area contributed by atoms with Gasteiger partial charge < -0.3 is 25.9 Å². The molecule has 2 aromatic carbocycles. The van der Waals surface area contributed by atoms with Crippen LogP contribution in [0.5, 0.6) is 0 Å². The normalized spacial score (nSPS) is 13.3. The molecule has 1 fully saturated rings. The van der Waals surface area contributed by atoms with E-state index in [1.54, 1.807) is 24.3 Å². The number of oxime groups is 2. The number of nitrogens with two attached hydrogens (primary N) is 2. The summed E-state index contributed by atoms with van der Waals surface area (Å²) in [6.07, 6.45) is 4.56. The molecule has 1 aliphatic carbocycles. The average molecular weight is 594 g/mol. The van der Waals surface area contributed by atoms with Crippen LogP contribution in [0.1, 0.15) is 67.7 Å². The fraction of sp³-hybridized carbons (Fsp3) is 0.393. The summed E-state index contributed by atoms with van der Waals surface area (Å²) in [6.45, 7) is 1.49. The zero-order chi connectivity index (χ0) is 31.5. The first-order valence-corrected chi connectivity index (χ1v) is 13.0. The second kappa shape index (κ2) is 18.7. The van der Waals surface area contributed by atoms with E-state index in [1.807, 2.05) is 5.32 Å². The molecule has 42 heavy (non-hydrogen) atoms. The summed E-state index contributed by atoms with van der Waals surface area (Å²) in [5, 5.41) is 22.5. The molecule has 2 aromatic rings. The van der Waals surface area contributed by atoms with Gasteiger partial charge >= 0.3 is 12.1 Å². The van der Waals surface area contributed by atoms with E-state index in [0.29, 0.717) is 11.1 Å². The van der Waals surface area contributed by atoms with E-state index < -0.39 is 17.7 Å². The van der Waals surface area contributed by atoms with Crippen molar-refractivity contribution in [2.75, 3.05) is 14.2 Å². The highest BCUT2D eigenvalue weighted by atomic mass is 19.4. The number of guanidine groups is 2. The Bertz CT molecular complexity index is 1210. The van der Waals surface area contributed by atoms with E-state index in [-0.39, 0.29) is 35.5 Å². The minimum Gasteiger partial charge on any atom is -0.464 e. The van der Waals surface area contributed by atoms with Gasteiger partial charge in [0.2, 0.25) is 0 Å². The molecule has 0 atom stereocenters. The summed E-state index contributed by atoms with van der Waals surface area (Å²) in [5.74, 6) is -1.32. The van der Waals surface area contributed by atoms with Crippen LogP contribution < -0.4 is 16.8 Å². The molecule has 0 radical (unpaired) electrons. The van der Waals surface area contributed by atoms with E-state index in [4.69, 9.17) is 36.7 Å². The van der Waals surface area contributed by atoms with E-state index in [1.165, 1.54) is 71.8 Å². The summed E-state index contributed by atoms with van der Waals surface area (Å²) in [7, 11) is 2.51. The maximum absolute atomic E-state index is 12.9. The quantitative estimate of drug-likeness (QED) is 0.131. The van der Waals surface area contributed by atoms with Crippen LogP contribution in [0.15, 0.2) is 58.8 Å². The molecule has 7 N–H and O–H groups in total. The van der Waals surface area contributed by atoms with Crippen molar-refractivity contribution in [2.45, 2.75) is 58.2 Å². The van der Waals surface area contributed by atoms with Gasteiger partial charge in [0.1, 0.15) is 13.7 Å². The number of esters is 1. The first kappa shape index (κ1) is 35.4. The highest BCUT2D eigenvalue weighted by Crippen LogP contribution is 2.29. The van der Waals surface area contributed by atoms with Crippen LogP contribution in [-0.2, 0) is 32.0 Å². The van der Waals surface area contributed by atoms with Crippen LogP contribution in [0.2, 0.25) is 0 Å². The number of nitrogens with zero attached hydrogens (tertiary/aromatic N) is 2. The van der Waals surface area contributed by atoms with Crippen molar-refractivity contribution in [3.8, 4) is 0 Å². The zero-order valence-corrected chi connectivity index (χ0v) is 23.9. The second-order valence-electron chi connectivity index (χ2n) is 8.87. The first-order valence-electron chi connectivity index (χ1n) is 13.0. The monoisotopic (exact) mass is 593 g/mol. The number of benzene rings is 2. The lowest BCUT2D eigenvalue weighted by Gasteiger charge is -2.10. The van der Waals surface area contributed by atoms with Gasteiger partial charge in [-0.25, -0.2) is 4.79 Å². The van der Waals surface area contributed by atoms with Crippen molar-refractivity contribution in [1.29, 1.82) is 10.8 Å². The molecule has 0 heterocycles. The average Bonchev–Trinajstić information content (AvgIpc) is 2.96. The van der Waals surface area contributed by atoms with E-state index >= 15 is 0 Å². The molecule has 230 valence electrons. The Labute approximate surface area is 243 Å². The van der Waals surface area contributed by atoms with Crippen LogP contribution in [0.25, 0.3) is 0 Å². The number of rotatable bonds is 7. The van der Waals surface area contributed by atoms with Gasteiger partial charge in [-0.15, -0.1) is 0 Å². The van der Waals surface area contributed by atoms with Gasteiger partial charge in [-0.05, 0) is 24.6 Å². The highest BCUT2D eigenvalue weighted by molar-refractivity contribution is 6.43. The number of alkyl halides is 3. The van der Waals surface area contributed by atoms with Crippen LogP contribution in [0.3, 0.4) is 0 Å². The standard InChI is InChI=1S/C20H19F3N2O4.C6H12.C2H7N5/c1-13(14-8-6-9-16(11-14)20(21,22)23)24-29-12-15-7-4-5-10-17(15)18(25-28-3)19(26)27-2;1-2-4-6-5-3-1;3-1(4)7-2(5)6/h4-11H,12H2,1-3H3;1-6H2;(H7,3,4,5,6,7)/b24-13+,25-18+;;. The summed E-state index contributed by atoms with van der Waals surface area (Å²) in [5.41, 5.74) is 10.2. The van der Waals surface area contributed by atoms with Crippen molar-refractivity contribution >= 4 is 29.3 Å². The maximum Gasteiger partial charge on any atom is 0.416 e. The van der Waals surface area contributed by atoms with Gasteiger partial charge in [0, 0.05) is 11.1 Å². The first-order chi connectivity index (χ1) is 19.9. The maximum atomic E-state index is 12.9. The number of methoxy groups -OCH3 is 1. The largest absolute Gasteiger partial charge is 0.464 e. The van der Waals surface area contributed by atoms with Crippen LogP contribution in [0.4, 0.5) is 13.2 Å². The minimum absolute atomic E-state index is 0.0484. The molecular weight excluding hydrogens is 555 g/mol. The van der Waals surface area contributed by atoms with Gasteiger partial charge in [0.25, 0.3) is 0 Å². The SMILES string of the molecule is C1CCCCC1.CO/N=C(/C(=O)OC)c1ccccc1CO/N=C(\C)c1cccc(C(F)(F)F)c1.N=C(N)NC(=N)N. The Morgan fingerprint density at radius 2 is 1.50 bits per heavy atom. The molecule has 0 aromatic heterocycles. The second-order valence-corrected chi connectivity index (χ2v) is 8.87. The summed E-state index contributed by atoms with van der Waals surface area (Å²) in [6, 6.07) is 11.5. The topological polar surface area (TPSA) is 181 Å². The van der Waals surface area contributed by atoms with E-state index in [2.05, 4.69) is 10.3 Å². The van der Waals surface area contributed by atoms with Gasteiger partial charge in [-0.2, -0.15) is 13.2 Å². The Morgan fingerprint density at radius 1 is 0.929 bits per heavy atom. The fourth-order valence-corrected chi connectivity index (χ4v) is 3.64. The molecule has 11 nitrogen and oxygen atoms in total. The number of ether oxygens (including phenoxy) is 1. The molecule has 0 spiro atoms. The lowest BCUT2D eigenvalue weighted by atomic mass is 10.0. The van der Waals surface area contributed by atoms with E-state index in [9.17, 15) is 18.0 Å². The molecule has 3 rings (SSSR count). The highest BCUT2D eigenvalue weighted by Gasteiger charge is 2.30. The van der Waals surface area contributed by atoms with Crippen LogP contribution in [0, 0.1) is 10.8 Å². The third-order valence-electron chi connectivity index (χ3n) is 5.63. The molecule has 0 saturated heterocycles. The zero-order valence-electron chi connectivity index (χ0n) is 23.9. The van der Waals surface area contributed by atoms with Crippen LogP contribution >= 0.6 is 0 Å². The Kier molecular flexibility index (Phi) is 15.7. The summed E-state index contributed by atoms with van der Waals surface area (Å²) >= 11 is 0. The Morgan fingerprint density at radius 3 is 1.98 bits per heavy atom. The lowest BCUT2D eigenvalue weighted by molar-refractivity contribution is -0.137. The van der Waals surface area contributed by atoms with Gasteiger partial charge in [-0.3, -0.25) is 16.1 Å². The molecule has 0 bridgehead atoms. The Hall–Kier alpha value is -4.62. The van der Waals surface area contributed by atoms with Crippen molar-refractivity contribution in [3.05, 3.63) is 70.8 Å². The predicted octanol–water partition coefficient (Wildman–Crippen LogP) is 4.87. The molecule has 0 amide bonds. The fourth-order valence-electron chi connectivity index (χ4n) is 3.64. The molecule has 0 unspecified atom stereocenters. The van der Waals surface area contributed by atoms with E-state index in [0.717, 1.165) is 12.1 Å². The van der Waals surface area contributed by atoms with Crippen LogP contribution in [-0.4, -0.2) is 43.5 Å². The van der Waals surface area contributed by atoms with Gasteiger partial charge in [0.15, 0.2) is 17.6 Å². The molecule has 1 aliphatic rings. The molecule has 1 saturated carbocycles. The molecular formula is C28H38F3N7O4. The lowest BCUT2D eigenvalue weighted by Crippen LogP contribution is -2.39. The van der Waals surface area contributed by atoms with Gasteiger partial charge in [-0.1, -0.05) is 85.2 Å². The number of hydrogen-bond acceptors (Lipinski definition) is 8. The predicted molar refractivity (Wildman–Crippen MR) is 155 cm³/mol. The molecule has 0 aliphatic heterocycles. The number of nitrogens with one attached hydrogen (secondary N) is 3. The Balaban J connectivity index is 0.000000556. The third-order valence-corrected chi connectivity index (χ3v) is 5.63. The minimum atomic E-state index is -4.44. The number of halogens is 3. The van der Waals surface area contributed by atoms with Crippen molar-refractivity contribution in [2.24, 2.45) is 21.8 Å². The van der Waals surface area contributed by atoms with Gasteiger partial charge in [0.05, 0.1) is 18.4 Å². The van der Waals surface area contributed by atoms with Crippen molar-refractivity contribution in [1.82, 2.24) is 5.32 Å². The smallest absolute Gasteiger partial charge is 0.416 e. The number of hydrogen-bond donors (Lipinski definition) is 5. The number of carbonyl (C=O) groups excluding carboxylic acids is 1. The summed E-state index contributed by atoms with van der Waals surface area (Å²) < 4.78 is 43.3. The number of carbonyl (C=O) groups is 1.